The van der Waals surface area contributed by atoms with Crippen molar-refractivity contribution in [2.24, 2.45) is 0 Å². The summed E-state index contributed by atoms with van der Waals surface area (Å²) in [4.78, 5) is 4.29. The fourth-order valence-electron chi connectivity index (χ4n) is 2.73. The molecule has 3 aromatic rings. The molecule has 0 amide bonds. The average molecular weight is 402 g/mol. The first-order valence-corrected chi connectivity index (χ1v) is 10.7. The second-order valence-electron chi connectivity index (χ2n) is 6.25. The van der Waals surface area contributed by atoms with Crippen molar-refractivity contribution in [2.45, 2.75) is 17.9 Å². The summed E-state index contributed by atoms with van der Waals surface area (Å²) in [6, 6.07) is 14.1. The summed E-state index contributed by atoms with van der Waals surface area (Å²) >= 11 is 1.39. The second kappa shape index (κ2) is 7.30. The molecule has 8 heteroatoms. The minimum Gasteiger partial charge on any atom is -0.464 e. The second-order valence-corrected chi connectivity index (χ2v) is 9.04. The van der Waals surface area contributed by atoms with Crippen molar-refractivity contribution < 1.29 is 17.9 Å². The van der Waals surface area contributed by atoms with Gasteiger partial charge in [-0.1, -0.05) is 23.5 Å². The first-order valence-electron chi connectivity index (χ1n) is 8.41. The van der Waals surface area contributed by atoms with Crippen molar-refractivity contribution in [3.8, 4) is 16.7 Å². The van der Waals surface area contributed by atoms with E-state index in [4.69, 9.17) is 9.47 Å². The lowest BCUT2D eigenvalue weighted by Crippen LogP contribution is -2.55. The average Bonchev–Trinajstić information content (AvgIpc) is 3.11. The maximum absolute atomic E-state index is 12.7. The molecule has 140 valence electrons. The van der Waals surface area contributed by atoms with Gasteiger partial charge in [0.05, 0.1) is 18.0 Å². The molecule has 6 nitrogen and oxygen atoms in total. The van der Waals surface area contributed by atoms with Crippen LogP contribution in [-0.2, 0) is 10.0 Å². The zero-order valence-corrected chi connectivity index (χ0v) is 16.2. The highest BCUT2D eigenvalue weighted by molar-refractivity contribution is 7.89. The van der Waals surface area contributed by atoms with Crippen LogP contribution in [0.2, 0.25) is 0 Å². The fourth-order valence-corrected chi connectivity index (χ4v) is 4.78. The number of thiazole rings is 1. The Balaban J connectivity index is 1.39. The van der Waals surface area contributed by atoms with Gasteiger partial charge in [0, 0.05) is 11.6 Å². The largest absolute Gasteiger partial charge is 0.464 e. The Hall–Kier alpha value is -2.42. The van der Waals surface area contributed by atoms with E-state index in [0.29, 0.717) is 24.0 Å². The SMILES string of the molecule is Cc1cccc(Oc2ccc(S(=O)(=O)N3CC(Oc4nccs4)C3)cc2)c1. The van der Waals surface area contributed by atoms with Crippen molar-refractivity contribution in [3.63, 3.8) is 0 Å². The van der Waals surface area contributed by atoms with E-state index in [1.54, 1.807) is 30.5 Å². The van der Waals surface area contributed by atoms with Crippen molar-refractivity contribution >= 4 is 21.4 Å². The van der Waals surface area contributed by atoms with E-state index < -0.39 is 10.0 Å². The Labute approximate surface area is 162 Å². The van der Waals surface area contributed by atoms with Crippen LogP contribution in [0.3, 0.4) is 0 Å². The maximum Gasteiger partial charge on any atom is 0.273 e. The minimum absolute atomic E-state index is 0.158. The quantitative estimate of drug-likeness (QED) is 0.629. The Kier molecular flexibility index (Phi) is 4.86. The topological polar surface area (TPSA) is 68.7 Å². The van der Waals surface area contributed by atoms with Crippen LogP contribution in [0.4, 0.5) is 0 Å². The van der Waals surface area contributed by atoms with Gasteiger partial charge in [0.15, 0.2) is 0 Å². The Morgan fingerprint density at radius 3 is 2.56 bits per heavy atom. The number of hydrogen-bond acceptors (Lipinski definition) is 6. The number of ether oxygens (including phenoxy) is 2. The van der Waals surface area contributed by atoms with Gasteiger partial charge in [-0.05, 0) is 48.9 Å². The standard InChI is InChI=1S/C19H18N2O4S2/c1-14-3-2-4-16(11-14)24-15-5-7-18(8-6-15)27(22,23)21-12-17(13-21)25-19-20-9-10-26-19/h2-11,17H,12-13H2,1H3. The van der Waals surface area contributed by atoms with E-state index in [1.807, 2.05) is 36.6 Å². The first-order chi connectivity index (χ1) is 13.0. The lowest BCUT2D eigenvalue weighted by atomic mass is 10.2. The fraction of sp³-hybridized carbons (Fsp3) is 0.211. The molecule has 0 aliphatic carbocycles. The molecule has 0 atom stereocenters. The van der Waals surface area contributed by atoms with Crippen LogP contribution in [0.15, 0.2) is 65.0 Å². The molecule has 1 aliphatic rings. The van der Waals surface area contributed by atoms with E-state index in [-0.39, 0.29) is 11.0 Å². The third-order valence-electron chi connectivity index (χ3n) is 4.18. The lowest BCUT2D eigenvalue weighted by molar-refractivity contribution is 0.0759. The van der Waals surface area contributed by atoms with Crippen LogP contribution >= 0.6 is 11.3 Å². The first kappa shape index (κ1) is 18.0. The molecule has 0 N–H and O–H groups in total. The third kappa shape index (κ3) is 3.97. The van der Waals surface area contributed by atoms with E-state index in [0.717, 1.165) is 11.3 Å². The number of nitrogens with zero attached hydrogens (tertiary/aromatic N) is 2. The summed E-state index contributed by atoms with van der Waals surface area (Å²) in [6.07, 6.45) is 1.50. The highest BCUT2D eigenvalue weighted by Gasteiger charge is 2.38. The molecule has 0 saturated carbocycles. The van der Waals surface area contributed by atoms with Gasteiger partial charge in [0.2, 0.25) is 10.0 Å². The number of aryl methyl sites for hydroxylation is 1. The van der Waals surface area contributed by atoms with Crippen molar-refractivity contribution in [2.75, 3.05) is 13.1 Å². The minimum atomic E-state index is -3.53. The van der Waals surface area contributed by atoms with Crippen molar-refractivity contribution in [1.82, 2.24) is 9.29 Å². The van der Waals surface area contributed by atoms with Crippen LogP contribution in [-0.4, -0.2) is 36.9 Å². The number of aromatic nitrogens is 1. The highest BCUT2D eigenvalue weighted by Crippen LogP contribution is 2.28. The summed E-state index contributed by atoms with van der Waals surface area (Å²) < 4.78 is 38.2. The molecular formula is C19H18N2O4S2. The molecule has 1 aliphatic heterocycles. The molecule has 2 heterocycles. The van der Waals surface area contributed by atoms with Gasteiger partial charge in [-0.2, -0.15) is 4.31 Å². The maximum atomic E-state index is 12.7. The van der Waals surface area contributed by atoms with Gasteiger partial charge >= 0.3 is 0 Å². The van der Waals surface area contributed by atoms with E-state index in [1.165, 1.54) is 15.6 Å². The van der Waals surface area contributed by atoms with E-state index in [9.17, 15) is 8.42 Å². The Morgan fingerprint density at radius 1 is 1.11 bits per heavy atom. The van der Waals surface area contributed by atoms with E-state index >= 15 is 0 Å². The molecule has 27 heavy (non-hydrogen) atoms. The van der Waals surface area contributed by atoms with Crippen molar-refractivity contribution in [3.05, 3.63) is 65.7 Å². The monoisotopic (exact) mass is 402 g/mol. The molecule has 0 unspecified atom stereocenters. The molecule has 1 aromatic heterocycles. The summed E-state index contributed by atoms with van der Waals surface area (Å²) in [5.74, 6) is 1.31. The van der Waals surface area contributed by atoms with Crippen LogP contribution in [0.5, 0.6) is 16.7 Å². The van der Waals surface area contributed by atoms with Gasteiger partial charge < -0.3 is 9.47 Å². The molecule has 1 saturated heterocycles. The predicted octanol–water partition coefficient (Wildman–Crippen LogP) is 3.70. The molecule has 0 radical (unpaired) electrons. The van der Waals surface area contributed by atoms with E-state index in [2.05, 4.69) is 4.98 Å². The highest BCUT2D eigenvalue weighted by atomic mass is 32.2. The van der Waals surface area contributed by atoms with Crippen LogP contribution in [0, 0.1) is 6.92 Å². The molecule has 4 rings (SSSR count). The van der Waals surface area contributed by atoms with Crippen molar-refractivity contribution in [1.29, 1.82) is 0 Å². The van der Waals surface area contributed by atoms with Gasteiger partial charge in [-0.15, -0.1) is 0 Å². The Morgan fingerprint density at radius 2 is 1.89 bits per heavy atom. The van der Waals surface area contributed by atoms with Crippen LogP contribution in [0.25, 0.3) is 0 Å². The number of sulfonamides is 1. The Bertz CT molecular complexity index is 1010. The molecule has 1 fully saturated rings. The number of benzene rings is 2. The molecular weight excluding hydrogens is 384 g/mol. The van der Waals surface area contributed by atoms with Crippen LogP contribution < -0.4 is 9.47 Å². The summed E-state index contributed by atoms with van der Waals surface area (Å²) in [6.45, 7) is 2.63. The van der Waals surface area contributed by atoms with Gasteiger partial charge in [-0.3, -0.25) is 0 Å². The third-order valence-corrected chi connectivity index (χ3v) is 6.69. The number of hydrogen-bond donors (Lipinski definition) is 0. The van der Waals surface area contributed by atoms with Gasteiger partial charge in [0.25, 0.3) is 5.19 Å². The summed E-state index contributed by atoms with van der Waals surface area (Å²) in [7, 11) is -3.53. The summed E-state index contributed by atoms with van der Waals surface area (Å²) in [5, 5.41) is 2.39. The number of rotatable bonds is 6. The molecule has 2 aromatic carbocycles. The zero-order valence-electron chi connectivity index (χ0n) is 14.6. The van der Waals surface area contributed by atoms with Gasteiger partial charge in [0.1, 0.15) is 17.6 Å². The summed E-state index contributed by atoms with van der Waals surface area (Å²) in [5.41, 5.74) is 1.10. The zero-order chi connectivity index (χ0) is 18.9. The smallest absolute Gasteiger partial charge is 0.273 e. The van der Waals surface area contributed by atoms with Crippen LogP contribution in [0.1, 0.15) is 5.56 Å². The van der Waals surface area contributed by atoms with Gasteiger partial charge in [-0.25, -0.2) is 13.4 Å². The molecule has 0 bridgehead atoms. The lowest BCUT2D eigenvalue weighted by Gasteiger charge is -2.37. The normalized spacial score (nSPS) is 15.3. The molecule has 0 spiro atoms. The predicted molar refractivity (Wildman–Crippen MR) is 103 cm³/mol.